The van der Waals surface area contributed by atoms with Gasteiger partial charge in [-0.1, -0.05) is 12.8 Å². The van der Waals surface area contributed by atoms with Crippen LogP contribution in [0.2, 0.25) is 0 Å². The van der Waals surface area contributed by atoms with Crippen LogP contribution >= 0.6 is 0 Å². The minimum Gasteiger partial charge on any atom is -0.473 e. The first kappa shape index (κ1) is 16.1. The highest BCUT2D eigenvalue weighted by Gasteiger charge is 2.16. The molecule has 0 aliphatic carbocycles. The van der Waals surface area contributed by atoms with Crippen molar-refractivity contribution in [2.45, 2.75) is 71.1 Å². The summed E-state index contributed by atoms with van der Waals surface area (Å²) in [7, 11) is 0. The second kappa shape index (κ2) is 8.23. The van der Waals surface area contributed by atoms with Crippen LogP contribution in [-0.4, -0.2) is 29.7 Å². The minimum absolute atomic E-state index is 0.138. The van der Waals surface area contributed by atoms with E-state index in [9.17, 15) is 0 Å². The summed E-state index contributed by atoms with van der Waals surface area (Å²) in [4.78, 5) is 4.33. The predicted octanol–water partition coefficient (Wildman–Crippen LogP) is 3.59. The molecule has 1 saturated heterocycles. The molecule has 118 valence electrons. The Hall–Kier alpha value is -1.29. The van der Waals surface area contributed by atoms with E-state index in [2.05, 4.69) is 22.5 Å². The Balaban J connectivity index is 1.90. The summed E-state index contributed by atoms with van der Waals surface area (Å²) in [6.45, 7) is 7.44. The number of pyridine rings is 1. The third-order valence-corrected chi connectivity index (χ3v) is 3.82. The van der Waals surface area contributed by atoms with Crippen molar-refractivity contribution in [3.63, 3.8) is 0 Å². The summed E-state index contributed by atoms with van der Waals surface area (Å²) in [6.07, 6.45) is 8.36. The molecule has 2 N–H and O–H groups in total. The predicted molar refractivity (Wildman–Crippen MR) is 88.0 cm³/mol. The highest BCUT2D eigenvalue weighted by Crippen LogP contribution is 2.24. The monoisotopic (exact) mass is 291 g/mol. The summed E-state index contributed by atoms with van der Waals surface area (Å²) in [5.41, 5.74) is 0.993. The zero-order valence-corrected chi connectivity index (χ0v) is 13.6. The molecule has 1 aromatic heterocycles. The van der Waals surface area contributed by atoms with Gasteiger partial charge in [0.25, 0.3) is 0 Å². The molecule has 0 aromatic carbocycles. The van der Waals surface area contributed by atoms with Crippen molar-refractivity contribution in [1.82, 2.24) is 10.3 Å². The number of anilines is 1. The molecule has 1 aliphatic heterocycles. The van der Waals surface area contributed by atoms with Crippen LogP contribution in [0.25, 0.3) is 0 Å². The van der Waals surface area contributed by atoms with E-state index in [1.807, 2.05) is 26.0 Å². The van der Waals surface area contributed by atoms with Gasteiger partial charge in [0.1, 0.15) is 0 Å². The Morgan fingerprint density at radius 1 is 1.33 bits per heavy atom. The summed E-state index contributed by atoms with van der Waals surface area (Å²) in [5, 5.41) is 7.21. The van der Waals surface area contributed by atoms with Crippen molar-refractivity contribution >= 4 is 5.69 Å². The first-order valence-corrected chi connectivity index (χ1v) is 8.26. The minimum atomic E-state index is 0.138. The molecule has 21 heavy (non-hydrogen) atoms. The maximum atomic E-state index is 5.77. The first-order chi connectivity index (χ1) is 10.1. The zero-order valence-electron chi connectivity index (χ0n) is 13.6. The molecule has 2 rings (SSSR count). The Morgan fingerprint density at radius 3 is 3.00 bits per heavy atom. The fraction of sp³-hybridized carbons (Fsp3) is 0.706. The number of aromatic nitrogens is 1. The van der Waals surface area contributed by atoms with E-state index in [1.165, 1.54) is 25.7 Å². The molecule has 0 amide bonds. The lowest BCUT2D eigenvalue weighted by molar-refractivity contribution is 0.234. The van der Waals surface area contributed by atoms with Crippen molar-refractivity contribution in [1.29, 1.82) is 0 Å². The van der Waals surface area contributed by atoms with Crippen LogP contribution in [0.4, 0.5) is 5.69 Å². The largest absolute Gasteiger partial charge is 0.473 e. The van der Waals surface area contributed by atoms with Crippen LogP contribution in [0, 0.1) is 0 Å². The number of rotatable bonds is 6. The Labute approximate surface area is 128 Å². The standard InChI is InChI=1S/C17H29N3O/c1-13(2)21-17-16(9-7-11-19-17)20-14(3)12-15-8-5-4-6-10-18-15/h7,9,11,13-15,18,20H,4-6,8,10,12H2,1-3H3. The SMILES string of the molecule is CC(CC1CCCCCN1)Nc1cccnc1OC(C)C. The van der Waals surface area contributed by atoms with E-state index in [0.29, 0.717) is 18.0 Å². The van der Waals surface area contributed by atoms with Gasteiger partial charge in [-0.2, -0.15) is 0 Å². The van der Waals surface area contributed by atoms with Crippen LogP contribution in [0.1, 0.15) is 52.9 Å². The fourth-order valence-electron chi connectivity index (χ4n) is 2.87. The van der Waals surface area contributed by atoms with Crippen LogP contribution in [0.5, 0.6) is 5.88 Å². The van der Waals surface area contributed by atoms with Crippen molar-refractivity contribution in [2.75, 3.05) is 11.9 Å². The maximum absolute atomic E-state index is 5.77. The molecule has 0 spiro atoms. The highest BCUT2D eigenvalue weighted by atomic mass is 16.5. The summed E-state index contributed by atoms with van der Waals surface area (Å²) in [5.74, 6) is 0.702. The molecule has 0 bridgehead atoms. The van der Waals surface area contributed by atoms with E-state index < -0.39 is 0 Å². The van der Waals surface area contributed by atoms with Crippen molar-refractivity contribution in [3.8, 4) is 5.88 Å². The molecular formula is C17H29N3O. The van der Waals surface area contributed by atoms with Crippen molar-refractivity contribution < 1.29 is 4.74 Å². The topological polar surface area (TPSA) is 46.2 Å². The van der Waals surface area contributed by atoms with Gasteiger partial charge < -0.3 is 15.4 Å². The van der Waals surface area contributed by atoms with Gasteiger partial charge in [0.15, 0.2) is 0 Å². The van der Waals surface area contributed by atoms with Gasteiger partial charge in [0.05, 0.1) is 11.8 Å². The number of nitrogens with zero attached hydrogens (tertiary/aromatic N) is 1. The average molecular weight is 291 g/mol. The van der Waals surface area contributed by atoms with E-state index >= 15 is 0 Å². The Bertz CT molecular complexity index is 414. The van der Waals surface area contributed by atoms with Gasteiger partial charge in [-0.15, -0.1) is 0 Å². The second-order valence-corrected chi connectivity index (χ2v) is 6.30. The molecule has 2 unspecified atom stereocenters. The van der Waals surface area contributed by atoms with Gasteiger partial charge in [0, 0.05) is 18.3 Å². The van der Waals surface area contributed by atoms with Crippen LogP contribution in [0.3, 0.4) is 0 Å². The molecule has 1 aliphatic rings. The van der Waals surface area contributed by atoms with E-state index in [1.54, 1.807) is 6.20 Å². The first-order valence-electron chi connectivity index (χ1n) is 8.26. The number of nitrogens with one attached hydrogen (secondary N) is 2. The normalized spacial score (nSPS) is 20.9. The molecule has 0 radical (unpaired) electrons. The highest BCUT2D eigenvalue weighted by molar-refractivity contribution is 5.52. The lowest BCUT2D eigenvalue weighted by atomic mass is 10.0. The molecule has 0 saturated carbocycles. The van der Waals surface area contributed by atoms with Gasteiger partial charge in [0.2, 0.25) is 5.88 Å². The second-order valence-electron chi connectivity index (χ2n) is 6.30. The van der Waals surface area contributed by atoms with Gasteiger partial charge in [-0.25, -0.2) is 4.98 Å². The van der Waals surface area contributed by atoms with E-state index in [-0.39, 0.29) is 6.10 Å². The third-order valence-electron chi connectivity index (χ3n) is 3.82. The smallest absolute Gasteiger partial charge is 0.237 e. The Kier molecular flexibility index (Phi) is 6.30. The lowest BCUT2D eigenvalue weighted by Crippen LogP contribution is -2.33. The molecule has 1 aromatic rings. The van der Waals surface area contributed by atoms with Gasteiger partial charge >= 0.3 is 0 Å². The molecule has 4 nitrogen and oxygen atoms in total. The third kappa shape index (κ3) is 5.54. The van der Waals surface area contributed by atoms with E-state index in [0.717, 1.165) is 18.7 Å². The molecule has 4 heteroatoms. The van der Waals surface area contributed by atoms with Crippen LogP contribution < -0.4 is 15.4 Å². The van der Waals surface area contributed by atoms with Crippen molar-refractivity contribution in [3.05, 3.63) is 18.3 Å². The van der Waals surface area contributed by atoms with E-state index in [4.69, 9.17) is 4.74 Å². The molecule has 2 atom stereocenters. The molecular weight excluding hydrogens is 262 g/mol. The van der Waals surface area contributed by atoms with Crippen molar-refractivity contribution in [2.24, 2.45) is 0 Å². The number of ether oxygens (including phenoxy) is 1. The summed E-state index contributed by atoms with van der Waals surface area (Å²) in [6, 6.07) is 5.02. The van der Waals surface area contributed by atoms with Crippen LogP contribution in [-0.2, 0) is 0 Å². The number of hydrogen-bond acceptors (Lipinski definition) is 4. The average Bonchev–Trinajstić information content (AvgIpc) is 2.69. The lowest BCUT2D eigenvalue weighted by Gasteiger charge is -2.23. The van der Waals surface area contributed by atoms with Gasteiger partial charge in [-0.05, 0) is 58.7 Å². The molecule has 1 fully saturated rings. The quantitative estimate of drug-likeness (QED) is 0.841. The maximum Gasteiger partial charge on any atom is 0.237 e. The number of hydrogen-bond donors (Lipinski definition) is 2. The fourth-order valence-corrected chi connectivity index (χ4v) is 2.87. The summed E-state index contributed by atoms with van der Waals surface area (Å²) < 4.78 is 5.77. The Morgan fingerprint density at radius 2 is 2.19 bits per heavy atom. The van der Waals surface area contributed by atoms with Crippen LogP contribution in [0.15, 0.2) is 18.3 Å². The zero-order chi connectivity index (χ0) is 15.1. The summed E-state index contributed by atoms with van der Waals surface area (Å²) >= 11 is 0. The van der Waals surface area contributed by atoms with Gasteiger partial charge in [-0.3, -0.25) is 0 Å². The molecule has 2 heterocycles.